The molecule has 1 amide bonds. The number of guanidine groups is 1. The lowest BCUT2D eigenvalue weighted by molar-refractivity contribution is -0.119. The third-order valence-corrected chi connectivity index (χ3v) is 6.07. The number of carbonyl (C=O) groups excluding carboxylic acids is 1. The standard InChI is InChI=1S/C22H34N4O2.HI/c1-24-21(25-15-18-8-6-9-19(14-18)28-16-20(23)27)26-13-7-12-22(17-26)10-4-2-3-5-11-22;/h6,8-9,14H,2-5,7,10-13,15-17H2,1H3,(H2,23,27)(H,24,25);1H. The lowest BCUT2D eigenvalue weighted by atomic mass is 9.74. The van der Waals surface area contributed by atoms with Gasteiger partial charge in [-0.25, -0.2) is 0 Å². The maximum absolute atomic E-state index is 10.9. The third-order valence-electron chi connectivity index (χ3n) is 6.07. The van der Waals surface area contributed by atoms with Crippen LogP contribution < -0.4 is 15.8 Å². The van der Waals surface area contributed by atoms with E-state index < -0.39 is 5.91 Å². The van der Waals surface area contributed by atoms with Gasteiger partial charge in [-0.3, -0.25) is 9.79 Å². The molecule has 1 aromatic rings. The Labute approximate surface area is 191 Å². The molecule has 162 valence electrons. The monoisotopic (exact) mass is 514 g/mol. The van der Waals surface area contributed by atoms with E-state index in [1.54, 1.807) is 0 Å². The second-order valence-corrected chi connectivity index (χ2v) is 8.24. The number of likely N-dealkylation sites (tertiary alicyclic amines) is 1. The zero-order chi connectivity index (χ0) is 19.8. The van der Waals surface area contributed by atoms with Gasteiger partial charge in [-0.1, -0.05) is 37.8 Å². The van der Waals surface area contributed by atoms with Crippen LogP contribution in [0.4, 0.5) is 0 Å². The minimum absolute atomic E-state index is 0. The van der Waals surface area contributed by atoms with Crippen molar-refractivity contribution >= 4 is 35.8 Å². The van der Waals surface area contributed by atoms with Gasteiger partial charge in [-0.15, -0.1) is 24.0 Å². The van der Waals surface area contributed by atoms with Crippen molar-refractivity contribution in [1.29, 1.82) is 0 Å². The molecule has 0 unspecified atom stereocenters. The van der Waals surface area contributed by atoms with Crippen LogP contribution in [0.1, 0.15) is 56.9 Å². The summed E-state index contributed by atoms with van der Waals surface area (Å²) < 4.78 is 5.40. The molecule has 0 aromatic heterocycles. The van der Waals surface area contributed by atoms with Gasteiger partial charge >= 0.3 is 0 Å². The molecule has 6 nitrogen and oxygen atoms in total. The van der Waals surface area contributed by atoms with Gasteiger partial charge in [-0.05, 0) is 48.8 Å². The fourth-order valence-corrected chi connectivity index (χ4v) is 4.69. The molecule has 1 aromatic carbocycles. The number of carbonyl (C=O) groups is 1. The predicted octanol–water partition coefficient (Wildman–Crippen LogP) is 3.68. The second-order valence-electron chi connectivity index (χ2n) is 8.24. The summed E-state index contributed by atoms with van der Waals surface area (Å²) in [5.41, 5.74) is 6.72. The molecule has 0 atom stereocenters. The van der Waals surface area contributed by atoms with E-state index >= 15 is 0 Å². The molecule has 1 saturated carbocycles. The van der Waals surface area contributed by atoms with Gasteiger partial charge in [0.1, 0.15) is 5.75 Å². The number of piperidine rings is 1. The Balaban J connectivity index is 0.00000300. The van der Waals surface area contributed by atoms with Crippen molar-refractivity contribution in [2.45, 2.75) is 57.9 Å². The summed E-state index contributed by atoms with van der Waals surface area (Å²) in [6.07, 6.45) is 10.9. The first-order valence-corrected chi connectivity index (χ1v) is 10.6. The summed E-state index contributed by atoms with van der Waals surface area (Å²) in [6.45, 7) is 2.76. The minimum atomic E-state index is -0.471. The van der Waals surface area contributed by atoms with E-state index in [9.17, 15) is 4.79 Å². The van der Waals surface area contributed by atoms with E-state index in [0.717, 1.165) is 24.6 Å². The van der Waals surface area contributed by atoms with Crippen LogP contribution in [-0.2, 0) is 11.3 Å². The molecule has 3 rings (SSSR count). The fraction of sp³-hybridized carbons (Fsp3) is 0.636. The Kier molecular flexibility index (Phi) is 9.52. The van der Waals surface area contributed by atoms with Gasteiger partial charge in [0.05, 0.1) is 0 Å². The van der Waals surface area contributed by atoms with Crippen LogP contribution in [0.15, 0.2) is 29.3 Å². The van der Waals surface area contributed by atoms with Crippen molar-refractivity contribution in [2.24, 2.45) is 16.1 Å². The average Bonchev–Trinajstić information content (AvgIpc) is 2.92. The van der Waals surface area contributed by atoms with Crippen LogP contribution in [0, 0.1) is 5.41 Å². The van der Waals surface area contributed by atoms with E-state index in [1.807, 2.05) is 31.3 Å². The largest absolute Gasteiger partial charge is 0.484 e. The smallest absolute Gasteiger partial charge is 0.255 e. The summed E-state index contributed by atoms with van der Waals surface area (Å²) in [7, 11) is 1.86. The number of amides is 1. The van der Waals surface area contributed by atoms with Crippen molar-refractivity contribution in [1.82, 2.24) is 10.2 Å². The minimum Gasteiger partial charge on any atom is -0.484 e. The first-order chi connectivity index (χ1) is 13.6. The van der Waals surface area contributed by atoms with Gasteiger partial charge in [0.15, 0.2) is 12.6 Å². The molecule has 0 bridgehead atoms. The van der Waals surface area contributed by atoms with Crippen molar-refractivity contribution in [3.8, 4) is 5.75 Å². The second kappa shape index (κ2) is 11.6. The highest BCUT2D eigenvalue weighted by atomic mass is 127. The van der Waals surface area contributed by atoms with E-state index in [4.69, 9.17) is 10.5 Å². The first-order valence-electron chi connectivity index (χ1n) is 10.6. The SMILES string of the molecule is CN=C(NCc1cccc(OCC(N)=O)c1)N1CCCC2(CCCCCC2)C1.I. The number of rotatable bonds is 5. The molecule has 3 N–H and O–H groups in total. The number of nitrogens with two attached hydrogens (primary N) is 1. The predicted molar refractivity (Wildman–Crippen MR) is 128 cm³/mol. The maximum atomic E-state index is 10.9. The van der Waals surface area contributed by atoms with Gasteiger partial charge < -0.3 is 20.7 Å². The zero-order valence-corrected chi connectivity index (χ0v) is 19.8. The van der Waals surface area contributed by atoms with Crippen LogP contribution in [0.2, 0.25) is 0 Å². The number of nitrogens with one attached hydrogen (secondary N) is 1. The van der Waals surface area contributed by atoms with E-state index in [0.29, 0.717) is 17.7 Å². The number of primary amides is 1. The Morgan fingerprint density at radius 2 is 1.93 bits per heavy atom. The van der Waals surface area contributed by atoms with Crippen LogP contribution in [0.25, 0.3) is 0 Å². The number of ether oxygens (including phenoxy) is 1. The third kappa shape index (κ3) is 7.04. The van der Waals surface area contributed by atoms with Crippen molar-refractivity contribution < 1.29 is 9.53 Å². The van der Waals surface area contributed by atoms with Gasteiger partial charge in [-0.2, -0.15) is 0 Å². The zero-order valence-electron chi connectivity index (χ0n) is 17.5. The number of aliphatic imine (C=N–C) groups is 1. The Morgan fingerprint density at radius 1 is 1.21 bits per heavy atom. The molecule has 2 aliphatic rings. The van der Waals surface area contributed by atoms with E-state index in [-0.39, 0.29) is 30.6 Å². The fourth-order valence-electron chi connectivity index (χ4n) is 4.69. The van der Waals surface area contributed by atoms with Crippen LogP contribution in [-0.4, -0.2) is 43.5 Å². The molecule has 29 heavy (non-hydrogen) atoms. The van der Waals surface area contributed by atoms with E-state index in [2.05, 4.69) is 15.2 Å². The number of benzene rings is 1. The summed E-state index contributed by atoms with van der Waals surface area (Å²) in [6, 6.07) is 7.74. The average molecular weight is 514 g/mol. The molecule has 2 fully saturated rings. The lowest BCUT2D eigenvalue weighted by Gasteiger charge is -2.44. The maximum Gasteiger partial charge on any atom is 0.255 e. The Hall–Kier alpha value is -1.51. The number of nitrogens with zero attached hydrogens (tertiary/aromatic N) is 2. The molecule has 1 spiro atoms. The molecule has 1 aliphatic carbocycles. The molecule has 1 saturated heterocycles. The van der Waals surface area contributed by atoms with Crippen molar-refractivity contribution in [2.75, 3.05) is 26.7 Å². The van der Waals surface area contributed by atoms with Crippen molar-refractivity contribution in [3.05, 3.63) is 29.8 Å². The highest BCUT2D eigenvalue weighted by Crippen LogP contribution is 2.42. The topological polar surface area (TPSA) is 80.0 Å². The highest BCUT2D eigenvalue weighted by molar-refractivity contribution is 14.0. The van der Waals surface area contributed by atoms with Crippen LogP contribution in [0.3, 0.4) is 0 Å². The van der Waals surface area contributed by atoms with Gasteiger partial charge in [0.25, 0.3) is 5.91 Å². The Morgan fingerprint density at radius 3 is 2.62 bits per heavy atom. The number of hydrogen-bond donors (Lipinski definition) is 2. The summed E-state index contributed by atoms with van der Waals surface area (Å²) in [5.74, 6) is 1.16. The summed E-state index contributed by atoms with van der Waals surface area (Å²) in [5, 5.41) is 3.51. The molecule has 1 heterocycles. The summed E-state index contributed by atoms with van der Waals surface area (Å²) in [4.78, 5) is 17.9. The normalized spacial score (nSPS) is 19.2. The number of hydrogen-bond acceptors (Lipinski definition) is 3. The molecule has 0 radical (unpaired) electrons. The van der Waals surface area contributed by atoms with E-state index in [1.165, 1.54) is 51.4 Å². The highest BCUT2D eigenvalue weighted by Gasteiger charge is 2.36. The van der Waals surface area contributed by atoms with Crippen LogP contribution >= 0.6 is 24.0 Å². The lowest BCUT2D eigenvalue weighted by Crippen LogP contribution is -2.50. The van der Waals surface area contributed by atoms with Gasteiger partial charge in [0.2, 0.25) is 0 Å². The molecule has 1 aliphatic heterocycles. The molecule has 7 heteroatoms. The quantitative estimate of drug-likeness (QED) is 0.357. The molecular formula is C22H35IN4O2. The van der Waals surface area contributed by atoms with Gasteiger partial charge in [0, 0.05) is 26.7 Å². The number of halogens is 1. The first kappa shape index (κ1) is 23.8. The van der Waals surface area contributed by atoms with Crippen LogP contribution in [0.5, 0.6) is 5.75 Å². The Bertz CT molecular complexity index is 687. The van der Waals surface area contributed by atoms with Crippen molar-refractivity contribution in [3.63, 3.8) is 0 Å². The molecular weight excluding hydrogens is 479 g/mol. The summed E-state index contributed by atoms with van der Waals surface area (Å²) >= 11 is 0.